The number of aliphatic imine (C=N–C) groups is 1. The first-order chi connectivity index (χ1) is 14.7. The summed E-state index contributed by atoms with van der Waals surface area (Å²) in [7, 11) is 0. The summed E-state index contributed by atoms with van der Waals surface area (Å²) < 4.78 is 1.61. The van der Waals surface area contributed by atoms with Gasteiger partial charge in [-0.3, -0.25) is 14.9 Å². The fourth-order valence-electron chi connectivity index (χ4n) is 4.31. The van der Waals surface area contributed by atoms with E-state index in [4.69, 9.17) is 4.99 Å². The summed E-state index contributed by atoms with van der Waals surface area (Å²) in [4.78, 5) is 18.4. The monoisotopic (exact) mass is 393 g/mol. The zero-order valence-corrected chi connectivity index (χ0v) is 16.9. The van der Waals surface area contributed by atoms with Gasteiger partial charge >= 0.3 is 0 Å². The van der Waals surface area contributed by atoms with Gasteiger partial charge in [0.1, 0.15) is 0 Å². The second-order valence-corrected chi connectivity index (χ2v) is 7.75. The minimum absolute atomic E-state index is 0.0724. The third-order valence-corrected chi connectivity index (χ3v) is 5.73. The first-order valence-electron chi connectivity index (χ1n) is 10.3. The molecule has 1 heterocycles. The van der Waals surface area contributed by atoms with Gasteiger partial charge in [0.2, 0.25) is 0 Å². The Balaban J connectivity index is 1.60. The molecule has 1 N–H and O–H groups in total. The number of nitrogens with zero attached hydrogens (tertiary/aromatic N) is 2. The molecule has 148 valence electrons. The molecule has 0 unspecified atom stereocenters. The maximum absolute atomic E-state index is 13.4. The molecule has 0 radical (unpaired) electrons. The molecule has 0 spiro atoms. The molecule has 1 aromatic heterocycles. The molecule has 3 aromatic carbocycles. The Kier molecular flexibility index (Phi) is 4.68. The Hall–Kier alpha value is -3.66. The fraction of sp³-hybridized carbons (Fsp3) is 0.154. The van der Waals surface area contributed by atoms with Crippen molar-refractivity contribution >= 4 is 5.71 Å². The van der Waals surface area contributed by atoms with Crippen LogP contribution >= 0.6 is 0 Å². The van der Waals surface area contributed by atoms with E-state index < -0.39 is 0 Å². The van der Waals surface area contributed by atoms with Gasteiger partial charge < -0.3 is 0 Å². The minimum atomic E-state index is -0.0724. The van der Waals surface area contributed by atoms with Crippen LogP contribution in [-0.2, 0) is 12.8 Å². The highest BCUT2D eigenvalue weighted by molar-refractivity contribution is 6.03. The van der Waals surface area contributed by atoms with Crippen LogP contribution in [0.5, 0.6) is 0 Å². The molecule has 0 saturated heterocycles. The standard InChI is InChI=1S/C26H23N3O/c1-18(27-22-16-20-12-8-9-13-21(20)17-22)24-25(19-10-4-2-5-11-19)28-29(26(24)30)23-14-6-3-7-15-23/h2-15,22,28H,16-17H2,1H3. The number of aromatic nitrogens is 2. The molecule has 0 saturated carbocycles. The van der Waals surface area contributed by atoms with Crippen LogP contribution in [0.2, 0.25) is 0 Å². The predicted molar refractivity (Wildman–Crippen MR) is 122 cm³/mol. The molecule has 5 rings (SSSR count). The highest BCUT2D eigenvalue weighted by Gasteiger charge is 2.23. The second-order valence-electron chi connectivity index (χ2n) is 7.75. The Labute approximate surface area is 175 Å². The highest BCUT2D eigenvalue weighted by Crippen LogP contribution is 2.26. The van der Waals surface area contributed by atoms with Gasteiger partial charge in [0.15, 0.2) is 0 Å². The number of hydrogen-bond donors (Lipinski definition) is 1. The van der Waals surface area contributed by atoms with E-state index in [1.165, 1.54) is 11.1 Å². The van der Waals surface area contributed by atoms with Gasteiger partial charge in [-0.2, -0.15) is 0 Å². The second kappa shape index (κ2) is 7.64. The van der Waals surface area contributed by atoms with Crippen LogP contribution in [0.15, 0.2) is 94.7 Å². The zero-order valence-electron chi connectivity index (χ0n) is 16.9. The van der Waals surface area contributed by atoms with Crippen LogP contribution in [0.1, 0.15) is 23.6 Å². The van der Waals surface area contributed by atoms with Crippen molar-refractivity contribution in [3.05, 3.63) is 112 Å². The van der Waals surface area contributed by atoms with Crippen LogP contribution in [0.25, 0.3) is 16.9 Å². The van der Waals surface area contributed by atoms with Gasteiger partial charge in [-0.15, -0.1) is 0 Å². The number of aromatic amines is 1. The lowest BCUT2D eigenvalue weighted by Gasteiger charge is -2.06. The number of fused-ring (bicyclic) bond motifs is 1. The smallest absolute Gasteiger partial charge is 0.280 e. The third kappa shape index (κ3) is 3.30. The molecule has 0 fully saturated rings. The van der Waals surface area contributed by atoms with Gasteiger partial charge in [0, 0.05) is 11.3 Å². The van der Waals surface area contributed by atoms with E-state index in [1.54, 1.807) is 4.68 Å². The number of hydrogen-bond acceptors (Lipinski definition) is 2. The summed E-state index contributed by atoms with van der Waals surface area (Å²) in [5, 5.41) is 3.33. The summed E-state index contributed by atoms with van der Waals surface area (Å²) in [5.74, 6) is 0. The molecule has 4 aromatic rings. The van der Waals surface area contributed by atoms with Crippen LogP contribution in [0.4, 0.5) is 0 Å². The summed E-state index contributed by atoms with van der Waals surface area (Å²) in [6, 6.07) is 28.3. The van der Waals surface area contributed by atoms with Crippen molar-refractivity contribution in [3.63, 3.8) is 0 Å². The van der Waals surface area contributed by atoms with E-state index >= 15 is 0 Å². The van der Waals surface area contributed by atoms with Gasteiger partial charge in [0.25, 0.3) is 5.56 Å². The normalized spacial score (nSPS) is 14.1. The quantitative estimate of drug-likeness (QED) is 0.497. The Morgan fingerprint density at radius 1 is 0.867 bits per heavy atom. The van der Waals surface area contributed by atoms with Gasteiger partial charge in [-0.05, 0) is 43.0 Å². The van der Waals surface area contributed by atoms with Crippen molar-refractivity contribution in [2.24, 2.45) is 4.99 Å². The van der Waals surface area contributed by atoms with E-state index in [9.17, 15) is 4.79 Å². The van der Waals surface area contributed by atoms with Crippen molar-refractivity contribution in [2.45, 2.75) is 25.8 Å². The van der Waals surface area contributed by atoms with Crippen molar-refractivity contribution in [1.29, 1.82) is 0 Å². The SMILES string of the molecule is CC(=NC1Cc2ccccc2C1)c1c(-c2ccccc2)[nH]n(-c2ccccc2)c1=O. The molecule has 4 heteroatoms. The van der Waals surface area contributed by atoms with Crippen LogP contribution in [0.3, 0.4) is 0 Å². The van der Waals surface area contributed by atoms with Gasteiger partial charge in [-0.1, -0.05) is 72.8 Å². The van der Waals surface area contributed by atoms with Crippen molar-refractivity contribution in [2.75, 3.05) is 0 Å². The van der Waals surface area contributed by atoms with E-state index in [1.807, 2.05) is 67.6 Å². The van der Waals surface area contributed by atoms with E-state index in [0.717, 1.165) is 35.5 Å². The lowest BCUT2D eigenvalue weighted by Crippen LogP contribution is -2.20. The molecule has 1 aliphatic carbocycles. The summed E-state index contributed by atoms with van der Waals surface area (Å²) >= 11 is 0. The van der Waals surface area contributed by atoms with Crippen LogP contribution in [-0.4, -0.2) is 21.5 Å². The summed E-state index contributed by atoms with van der Waals surface area (Å²) in [6.45, 7) is 1.95. The van der Waals surface area contributed by atoms with E-state index in [-0.39, 0.29) is 11.6 Å². The highest BCUT2D eigenvalue weighted by atomic mass is 16.1. The molecular formula is C26H23N3O. The molecule has 0 bridgehead atoms. The Bertz CT molecular complexity index is 1240. The Morgan fingerprint density at radius 2 is 1.43 bits per heavy atom. The van der Waals surface area contributed by atoms with Crippen molar-refractivity contribution in [3.8, 4) is 16.9 Å². The number of benzene rings is 3. The first-order valence-corrected chi connectivity index (χ1v) is 10.3. The van der Waals surface area contributed by atoms with Crippen LogP contribution < -0.4 is 5.56 Å². The maximum Gasteiger partial charge on any atom is 0.280 e. The fourth-order valence-corrected chi connectivity index (χ4v) is 4.31. The first kappa shape index (κ1) is 18.4. The average Bonchev–Trinajstić information content (AvgIpc) is 3.35. The zero-order chi connectivity index (χ0) is 20.5. The molecule has 0 aliphatic heterocycles. The van der Waals surface area contributed by atoms with E-state index in [2.05, 4.69) is 29.4 Å². The molecule has 0 amide bonds. The number of nitrogens with one attached hydrogen (secondary N) is 1. The predicted octanol–water partition coefficient (Wildman–Crippen LogP) is 4.81. The molecule has 0 atom stereocenters. The van der Waals surface area contributed by atoms with Gasteiger partial charge in [-0.25, -0.2) is 4.68 Å². The molecule has 1 aliphatic rings. The van der Waals surface area contributed by atoms with Crippen LogP contribution in [0, 0.1) is 0 Å². The minimum Gasteiger partial charge on any atom is -0.290 e. The summed E-state index contributed by atoms with van der Waals surface area (Å²) in [5.41, 5.74) is 6.66. The maximum atomic E-state index is 13.4. The topological polar surface area (TPSA) is 50.1 Å². The molecular weight excluding hydrogens is 370 g/mol. The number of para-hydroxylation sites is 1. The lowest BCUT2D eigenvalue weighted by molar-refractivity contribution is 0.723. The largest absolute Gasteiger partial charge is 0.290 e. The van der Waals surface area contributed by atoms with E-state index in [0.29, 0.717) is 5.56 Å². The number of rotatable bonds is 4. The third-order valence-electron chi connectivity index (χ3n) is 5.73. The number of H-pyrrole nitrogens is 1. The average molecular weight is 393 g/mol. The van der Waals surface area contributed by atoms with Crippen molar-refractivity contribution in [1.82, 2.24) is 9.78 Å². The molecule has 30 heavy (non-hydrogen) atoms. The van der Waals surface area contributed by atoms with Gasteiger partial charge in [0.05, 0.1) is 23.0 Å². The Morgan fingerprint density at radius 3 is 2.07 bits per heavy atom. The molecule has 4 nitrogen and oxygen atoms in total. The summed E-state index contributed by atoms with van der Waals surface area (Å²) in [6.07, 6.45) is 1.84. The lowest BCUT2D eigenvalue weighted by atomic mass is 10.0. The van der Waals surface area contributed by atoms with Crippen molar-refractivity contribution < 1.29 is 0 Å².